The van der Waals surface area contributed by atoms with Crippen molar-refractivity contribution in [2.75, 3.05) is 18.9 Å². The van der Waals surface area contributed by atoms with Crippen molar-refractivity contribution >= 4 is 11.7 Å². The molecule has 1 rings (SSSR count). The van der Waals surface area contributed by atoms with Crippen LogP contribution >= 0.6 is 0 Å². The molecule has 1 aromatic carbocycles. The topological polar surface area (TPSA) is 81.8 Å². The summed E-state index contributed by atoms with van der Waals surface area (Å²) in [6, 6.07) is 4.23. The molecule has 0 aliphatic heterocycles. The van der Waals surface area contributed by atoms with Crippen LogP contribution in [0.1, 0.15) is 24.2 Å². The first kappa shape index (κ1) is 13.3. The van der Waals surface area contributed by atoms with Gasteiger partial charge in [0.25, 0.3) is 0 Å². The van der Waals surface area contributed by atoms with Crippen molar-refractivity contribution in [2.24, 2.45) is 0 Å². The average Bonchev–Trinajstić information content (AvgIpc) is 2.27. The lowest BCUT2D eigenvalue weighted by Crippen LogP contribution is -2.13. The SMILES string of the molecule is CC(C)OCCOC(=O)c1ccc(N)c(O)c1. The summed E-state index contributed by atoms with van der Waals surface area (Å²) in [6.45, 7) is 4.34. The Bertz CT molecular complexity index is 390. The zero-order chi connectivity index (χ0) is 12.8. The minimum Gasteiger partial charge on any atom is -0.506 e. The Labute approximate surface area is 100 Å². The number of aromatic hydroxyl groups is 1. The van der Waals surface area contributed by atoms with Crippen molar-refractivity contribution in [1.29, 1.82) is 0 Å². The maximum Gasteiger partial charge on any atom is 0.338 e. The predicted molar refractivity (Wildman–Crippen MR) is 63.9 cm³/mol. The van der Waals surface area contributed by atoms with Crippen molar-refractivity contribution in [3.05, 3.63) is 23.8 Å². The lowest BCUT2D eigenvalue weighted by atomic mass is 10.2. The molecule has 0 unspecified atom stereocenters. The lowest BCUT2D eigenvalue weighted by Gasteiger charge is -2.08. The molecule has 0 aromatic heterocycles. The van der Waals surface area contributed by atoms with Crippen molar-refractivity contribution in [1.82, 2.24) is 0 Å². The van der Waals surface area contributed by atoms with E-state index in [2.05, 4.69) is 0 Å². The van der Waals surface area contributed by atoms with Crippen LogP contribution in [0.4, 0.5) is 5.69 Å². The van der Waals surface area contributed by atoms with Gasteiger partial charge in [-0.1, -0.05) is 0 Å². The Morgan fingerprint density at radius 1 is 1.41 bits per heavy atom. The number of anilines is 1. The molecule has 0 amide bonds. The second kappa shape index (κ2) is 6.10. The van der Waals surface area contributed by atoms with Gasteiger partial charge < -0.3 is 20.3 Å². The summed E-state index contributed by atoms with van der Waals surface area (Å²) in [5.41, 5.74) is 5.91. The lowest BCUT2D eigenvalue weighted by molar-refractivity contribution is 0.0177. The first-order valence-electron chi connectivity index (χ1n) is 5.38. The van der Waals surface area contributed by atoms with Gasteiger partial charge in [0, 0.05) is 0 Å². The first-order valence-corrected chi connectivity index (χ1v) is 5.38. The van der Waals surface area contributed by atoms with Gasteiger partial charge in [-0.25, -0.2) is 4.79 Å². The molecule has 3 N–H and O–H groups in total. The second-order valence-corrected chi connectivity index (χ2v) is 3.83. The molecule has 94 valence electrons. The van der Waals surface area contributed by atoms with Gasteiger partial charge in [-0.05, 0) is 32.0 Å². The van der Waals surface area contributed by atoms with Gasteiger partial charge in [-0.2, -0.15) is 0 Å². The summed E-state index contributed by atoms with van der Waals surface area (Å²) >= 11 is 0. The van der Waals surface area contributed by atoms with Crippen LogP contribution in [0.2, 0.25) is 0 Å². The maximum atomic E-state index is 11.5. The number of carbonyl (C=O) groups excluding carboxylic acids is 1. The maximum absolute atomic E-state index is 11.5. The Hall–Kier alpha value is -1.75. The molecule has 5 heteroatoms. The molecule has 0 saturated carbocycles. The zero-order valence-corrected chi connectivity index (χ0v) is 9.97. The highest BCUT2D eigenvalue weighted by Gasteiger charge is 2.09. The summed E-state index contributed by atoms with van der Waals surface area (Å²) in [6.07, 6.45) is 0.106. The van der Waals surface area contributed by atoms with Crippen LogP contribution in [0, 0.1) is 0 Å². The van der Waals surface area contributed by atoms with Crippen LogP contribution in [0.3, 0.4) is 0 Å². The highest BCUT2D eigenvalue weighted by molar-refractivity contribution is 5.90. The molecule has 0 aliphatic rings. The van der Waals surface area contributed by atoms with Gasteiger partial charge in [0.1, 0.15) is 12.4 Å². The minimum atomic E-state index is -0.507. The number of nitrogens with two attached hydrogens (primary N) is 1. The van der Waals surface area contributed by atoms with E-state index >= 15 is 0 Å². The van der Waals surface area contributed by atoms with Gasteiger partial charge >= 0.3 is 5.97 Å². The molecule has 17 heavy (non-hydrogen) atoms. The number of nitrogen functional groups attached to an aromatic ring is 1. The predicted octanol–water partition coefficient (Wildman–Crippen LogP) is 1.56. The molecule has 0 spiro atoms. The van der Waals surface area contributed by atoms with Gasteiger partial charge in [0.2, 0.25) is 0 Å². The Balaban J connectivity index is 2.44. The van der Waals surface area contributed by atoms with Crippen molar-refractivity contribution in [3.8, 4) is 5.75 Å². The number of rotatable bonds is 5. The third-order valence-electron chi connectivity index (χ3n) is 2.03. The van der Waals surface area contributed by atoms with E-state index in [4.69, 9.17) is 15.2 Å². The summed E-state index contributed by atoms with van der Waals surface area (Å²) in [4.78, 5) is 11.5. The molecule has 0 bridgehead atoms. The number of hydrogen-bond acceptors (Lipinski definition) is 5. The van der Waals surface area contributed by atoms with E-state index in [1.807, 2.05) is 13.8 Å². The third-order valence-corrected chi connectivity index (χ3v) is 2.03. The summed E-state index contributed by atoms with van der Waals surface area (Å²) < 4.78 is 10.2. The Morgan fingerprint density at radius 3 is 2.71 bits per heavy atom. The first-order chi connectivity index (χ1) is 8.00. The van der Waals surface area contributed by atoms with E-state index in [1.54, 1.807) is 0 Å². The highest BCUT2D eigenvalue weighted by atomic mass is 16.6. The van der Waals surface area contributed by atoms with Gasteiger partial charge in [0.15, 0.2) is 0 Å². The number of carbonyl (C=O) groups is 1. The normalized spacial score (nSPS) is 10.5. The minimum absolute atomic E-state index is 0.106. The van der Waals surface area contributed by atoms with E-state index in [1.165, 1.54) is 18.2 Å². The van der Waals surface area contributed by atoms with Crippen LogP contribution in [0.15, 0.2) is 18.2 Å². The number of benzene rings is 1. The fourth-order valence-corrected chi connectivity index (χ4v) is 1.17. The number of phenolic OH excluding ortho intramolecular Hbond substituents is 1. The Kier molecular flexibility index (Phi) is 4.78. The summed E-state index contributed by atoms with van der Waals surface area (Å²) in [7, 11) is 0. The van der Waals surface area contributed by atoms with E-state index in [-0.39, 0.29) is 29.7 Å². The zero-order valence-electron chi connectivity index (χ0n) is 9.97. The largest absolute Gasteiger partial charge is 0.506 e. The van der Waals surface area contributed by atoms with E-state index in [0.29, 0.717) is 6.61 Å². The van der Waals surface area contributed by atoms with E-state index in [9.17, 15) is 9.90 Å². The second-order valence-electron chi connectivity index (χ2n) is 3.83. The smallest absolute Gasteiger partial charge is 0.338 e. The molecule has 0 atom stereocenters. The van der Waals surface area contributed by atoms with Crippen LogP contribution in [-0.4, -0.2) is 30.4 Å². The molecule has 0 heterocycles. The molecule has 0 radical (unpaired) electrons. The summed E-state index contributed by atoms with van der Waals surface area (Å²) in [5.74, 6) is -0.634. The number of phenols is 1. The van der Waals surface area contributed by atoms with Gasteiger partial charge in [-0.15, -0.1) is 0 Å². The monoisotopic (exact) mass is 239 g/mol. The fourth-order valence-electron chi connectivity index (χ4n) is 1.17. The van der Waals surface area contributed by atoms with Crippen LogP contribution < -0.4 is 5.73 Å². The molecule has 0 fully saturated rings. The number of esters is 1. The molecule has 0 aliphatic carbocycles. The van der Waals surface area contributed by atoms with E-state index < -0.39 is 5.97 Å². The van der Waals surface area contributed by atoms with Gasteiger partial charge in [0.05, 0.1) is 24.0 Å². The van der Waals surface area contributed by atoms with E-state index in [0.717, 1.165) is 0 Å². The summed E-state index contributed by atoms with van der Waals surface area (Å²) in [5, 5.41) is 9.34. The fraction of sp³-hybridized carbons (Fsp3) is 0.417. The van der Waals surface area contributed by atoms with Crippen LogP contribution in [0.25, 0.3) is 0 Å². The standard InChI is InChI=1S/C12H17NO4/c1-8(2)16-5-6-17-12(15)9-3-4-10(13)11(14)7-9/h3-4,7-8,14H,5-6,13H2,1-2H3. The van der Waals surface area contributed by atoms with Crippen molar-refractivity contribution in [3.63, 3.8) is 0 Å². The van der Waals surface area contributed by atoms with Crippen LogP contribution in [0.5, 0.6) is 5.75 Å². The van der Waals surface area contributed by atoms with Crippen molar-refractivity contribution < 1.29 is 19.4 Å². The highest BCUT2D eigenvalue weighted by Crippen LogP contribution is 2.20. The number of hydrogen-bond donors (Lipinski definition) is 2. The van der Waals surface area contributed by atoms with Gasteiger partial charge in [-0.3, -0.25) is 0 Å². The Morgan fingerprint density at radius 2 is 2.12 bits per heavy atom. The average molecular weight is 239 g/mol. The molecular weight excluding hydrogens is 222 g/mol. The third kappa shape index (κ3) is 4.32. The van der Waals surface area contributed by atoms with Crippen molar-refractivity contribution in [2.45, 2.75) is 20.0 Å². The molecular formula is C12H17NO4. The van der Waals surface area contributed by atoms with Crippen LogP contribution in [-0.2, 0) is 9.47 Å². The molecule has 1 aromatic rings. The molecule has 5 nitrogen and oxygen atoms in total. The number of ether oxygens (including phenoxy) is 2. The quantitative estimate of drug-likeness (QED) is 0.352. The molecule has 0 saturated heterocycles.